The smallest absolute Gasteiger partial charge is 0.414 e. The maximum absolute atomic E-state index is 12.2. The van der Waals surface area contributed by atoms with Crippen LogP contribution in [0.15, 0.2) is 36.4 Å². The van der Waals surface area contributed by atoms with E-state index in [9.17, 15) is 9.59 Å². The molecule has 0 aliphatic heterocycles. The number of carbonyl (C=O) groups is 2. The first kappa shape index (κ1) is 15.0. The monoisotopic (exact) mass is 285 g/mol. The summed E-state index contributed by atoms with van der Waals surface area (Å²) in [4.78, 5) is 24.8. The van der Waals surface area contributed by atoms with Gasteiger partial charge in [0.25, 0.3) is 0 Å². The molecule has 0 bridgehead atoms. The number of benzene rings is 2. The highest BCUT2D eigenvalue weighted by Crippen LogP contribution is 2.26. The zero-order chi connectivity index (χ0) is 15.6. The van der Waals surface area contributed by atoms with E-state index in [1.54, 1.807) is 33.9 Å². The molecular formula is C17H19NO3. The molecule has 21 heavy (non-hydrogen) atoms. The number of anilines is 1. The minimum atomic E-state index is -0.580. The third-order valence-corrected chi connectivity index (χ3v) is 3.05. The lowest BCUT2D eigenvalue weighted by atomic mass is 10.1. The van der Waals surface area contributed by atoms with Crippen LogP contribution in [0.1, 0.15) is 31.1 Å². The maximum Gasteiger partial charge on any atom is 0.414 e. The molecule has 0 spiro atoms. The lowest BCUT2D eigenvalue weighted by Gasteiger charge is -2.25. The molecular weight excluding hydrogens is 266 g/mol. The molecule has 2 rings (SSSR count). The van der Waals surface area contributed by atoms with Crippen molar-refractivity contribution in [3.8, 4) is 0 Å². The molecule has 4 nitrogen and oxygen atoms in total. The highest BCUT2D eigenvalue weighted by molar-refractivity contribution is 6.00. The Labute approximate surface area is 124 Å². The standard InChI is InChI=1S/C17H19NO3/c1-17(2,3)21-16(20)18(4)15-10-13-8-6-5-7-12(13)9-14(15)11-19/h5-11H,1-4H3. The second kappa shape index (κ2) is 5.56. The van der Waals surface area contributed by atoms with Crippen LogP contribution in [0.25, 0.3) is 10.8 Å². The predicted octanol–water partition coefficient (Wildman–Crippen LogP) is 4.02. The average Bonchev–Trinajstić information content (AvgIpc) is 2.43. The molecule has 0 unspecified atom stereocenters. The number of carbonyl (C=O) groups excluding carboxylic acids is 2. The number of ether oxygens (including phenoxy) is 1. The first-order valence-electron chi connectivity index (χ1n) is 6.76. The molecule has 0 N–H and O–H groups in total. The fourth-order valence-electron chi connectivity index (χ4n) is 2.06. The fraction of sp³-hybridized carbons (Fsp3) is 0.294. The molecule has 0 heterocycles. The summed E-state index contributed by atoms with van der Waals surface area (Å²) < 4.78 is 5.34. The molecule has 0 aliphatic carbocycles. The van der Waals surface area contributed by atoms with Gasteiger partial charge < -0.3 is 4.74 Å². The molecule has 110 valence electrons. The first-order valence-corrected chi connectivity index (χ1v) is 6.76. The highest BCUT2D eigenvalue weighted by atomic mass is 16.6. The van der Waals surface area contributed by atoms with Crippen molar-refractivity contribution in [2.24, 2.45) is 0 Å². The van der Waals surface area contributed by atoms with Gasteiger partial charge in [0.05, 0.1) is 5.69 Å². The predicted molar refractivity (Wildman–Crippen MR) is 84.0 cm³/mol. The van der Waals surface area contributed by atoms with Crippen molar-refractivity contribution in [2.75, 3.05) is 11.9 Å². The number of aldehydes is 1. The van der Waals surface area contributed by atoms with Crippen LogP contribution in [0, 0.1) is 0 Å². The Morgan fingerprint density at radius 2 is 1.71 bits per heavy atom. The Kier molecular flexibility index (Phi) is 3.98. The SMILES string of the molecule is CN(C(=O)OC(C)(C)C)c1cc2ccccc2cc1C=O. The van der Waals surface area contributed by atoms with E-state index in [-0.39, 0.29) is 0 Å². The molecule has 2 aromatic carbocycles. The van der Waals surface area contributed by atoms with E-state index in [0.29, 0.717) is 11.3 Å². The second-order valence-electron chi connectivity index (χ2n) is 5.92. The molecule has 0 aromatic heterocycles. The van der Waals surface area contributed by atoms with E-state index in [4.69, 9.17) is 4.74 Å². The van der Waals surface area contributed by atoms with Gasteiger partial charge in [0, 0.05) is 12.6 Å². The van der Waals surface area contributed by atoms with E-state index in [0.717, 1.165) is 17.1 Å². The van der Waals surface area contributed by atoms with Crippen LogP contribution in [0.2, 0.25) is 0 Å². The largest absolute Gasteiger partial charge is 0.443 e. The van der Waals surface area contributed by atoms with Crippen LogP contribution >= 0.6 is 0 Å². The number of nitrogens with zero attached hydrogens (tertiary/aromatic N) is 1. The van der Waals surface area contributed by atoms with E-state index >= 15 is 0 Å². The van der Waals surface area contributed by atoms with Crippen LogP contribution < -0.4 is 4.90 Å². The van der Waals surface area contributed by atoms with Crippen LogP contribution in [0.3, 0.4) is 0 Å². The summed E-state index contributed by atoms with van der Waals surface area (Å²) in [6, 6.07) is 11.3. The number of hydrogen-bond donors (Lipinski definition) is 0. The van der Waals surface area contributed by atoms with Gasteiger partial charge in [0.2, 0.25) is 0 Å². The van der Waals surface area contributed by atoms with Gasteiger partial charge in [0.1, 0.15) is 5.60 Å². The summed E-state index contributed by atoms with van der Waals surface area (Å²) in [6.45, 7) is 5.42. The first-order chi connectivity index (χ1) is 9.81. The normalized spacial score (nSPS) is 11.2. The number of amides is 1. The van der Waals surface area contributed by atoms with Crippen molar-refractivity contribution in [1.29, 1.82) is 0 Å². The van der Waals surface area contributed by atoms with Crippen molar-refractivity contribution in [2.45, 2.75) is 26.4 Å². The zero-order valence-corrected chi connectivity index (χ0v) is 12.7. The van der Waals surface area contributed by atoms with Crippen molar-refractivity contribution < 1.29 is 14.3 Å². The lowest BCUT2D eigenvalue weighted by molar-refractivity contribution is 0.0589. The summed E-state index contributed by atoms with van der Waals surface area (Å²) in [6.07, 6.45) is 0.267. The molecule has 0 radical (unpaired) electrons. The van der Waals surface area contributed by atoms with E-state index in [2.05, 4.69) is 0 Å². The minimum Gasteiger partial charge on any atom is -0.443 e. The number of fused-ring (bicyclic) bond motifs is 1. The fourth-order valence-corrected chi connectivity index (χ4v) is 2.06. The van der Waals surface area contributed by atoms with Crippen LogP contribution in [0.4, 0.5) is 10.5 Å². The zero-order valence-electron chi connectivity index (χ0n) is 12.7. The van der Waals surface area contributed by atoms with Gasteiger partial charge in [-0.15, -0.1) is 0 Å². The Morgan fingerprint density at radius 3 is 2.24 bits per heavy atom. The Hall–Kier alpha value is -2.36. The Bertz CT molecular complexity index is 686. The topological polar surface area (TPSA) is 46.6 Å². The molecule has 1 amide bonds. The molecule has 0 aliphatic rings. The van der Waals surface area contributed by atoms with Crippen molar-refractivity contribution >= 4 is 28.8 Å². The van der Waals surface area contributed by atoms with E-state index < -0.39 is 11.7 Å². The van der Waals surface area contributed by atoms with Gasteiger partial charge in [-0.1, -0.05) is 24.3 Å². The molecule has 4 heteroatoms. The second-order valence-corrected chi connectivity index (χ2v) is 5.92. The van der Waals surface area contributed by atoms with Crippen molar-refractivity contribution in [3.63, 3.8) is 0 Å². The summed E-state index contributed by atoms with van der Waals surface area (Å²) in [5.74, 6) is 0. The molecule has 0 saturated heterocycles. The molecule has 0 atom stereocenters. The van der Waals surface area contributed by atoms with Crippen molar-refractivity contribution in [3.05, 3.63) is 42.0 Å². The minimum absolute atomic E-state index is 0.460. The van der Waals surface area contributed by atoms with Crippen molar-refractivity contribution in [1.82, 2.24) is 0 Å². The number of hydrogen-bond acceptors (Lipinski definition) is 3. The van der Waals surface area contributed by atoms with Gasteiger partial charge in [0.15, 0.2) is 6.29 Å². The van der Waals surface area contributed by atoms with Gasteiger partial charge in [-0.2, -0.15) is 0 Å². The quantitative estimate of drug-likeness (QED) is 0.783. The van der Waals surface area contributed by atoms with E-state index in [1.807, 2.05) is 30.3 Å². The molecule has 2 aromatic rings. The molecule has 0 fully saturated rings. The Balaban J connectivity index is 2.44. The third kappa shape index (κ3) is 3.40. The lowest BCUT2D eigenvalue weighted by Crippen LogP contribution is -2.34. The summed E-state index contributed by atoms with van der Waals surface area (Å²) in [7, 11) is 1.60. The average molecular weight is 285 g/mol. The summed E-state index contributed by atoms with van der Waals surface area (Å²) in [5, 5.41) is 1.93. The molecule has 0 saturated carbocycles. The Morgan fingerprint density at radius 1 is 1.14 bits per heavy atom. The van der Waals surface area contributed by atoms with Crippen LogP contribution in [-0.2, 0) is 4.74 Å². The van der Waals surface area contributed by atoms with Gasteiger partial charge >= 0.3 is 6.09 Å². The maximum atomic E-state index is 12.2. The summed E-state index contributed by atoms with van der Waals surface area (Å²) >= 11 is 0. The van der Waals surface area contributed by atoms with Gasteiger partial charge in [-0.3, -0.25) is 9.69 Å². The highest BCUT2D eigenvalue weighted by Gasteiger charge is 2.22. The van der Waals surface area contributed by atoms with Gasteiger partial charge in [-0.05, 0) is 43.7 Å². The summed E-state index contributed by atoms with van der Waals surface area (Å²) in [5.41, 5.74) is 0.420. The van der Waals surface area contributed by atoms with Crippen LogP contribution in [-0.4, -0.2) is 25.0 Å². The van der Waals surface area contributed by atoms with E-state index in [1.165, 1.54) is 4.90 Å². The number of rotatable bonds is 2. The third-order valence-electron chi connectivity index (χ3n) is 3.05. The van der Waals surface area contributed by atoms with Gasteiger partial charge in [-0.25, -0.2) is 4.79 Å². The van der Waals surface area contributed by atoms with Crippen LogP contribution in [0.5, 0.6) is 0 Å².